The van der Waals surface area contributed by atoms with Gasteiger partial charge in [-0.25, -0.2) is 0 Å². The van der Waals surface area contributed by atoms with Gasteiger partial charge in [-0.05, 0) is 37.2 Å². The van der Waals surface area contributed by atoms with E-state index in [0.29, 0.717) is 44.3 Å². The van der Waals surface area contributed by atoms with E-state index >= 15 is 0 Å². The average molecular weight is 652 g/mol. The number of hydrogen-bond donors (Lipinski definition) is 2. The topological polar surface area (TPSA) is 125 Å². The lowest BCUT2D eigenvalue weighted by Gasteiger charge is -2.41. The van der Waals surface area contributed by atoms with E-state index in [9.17, 15) is 24.3 Å². The highest BCUT2D eigenvalue weighted by Gasteiger charge is 2.75. The molecule has 258 valence electrons. The highest BCUT2D eigenvalue weighted by atomic mass is 16.6. The quantitative estimate of drug-likeness (QED) is 0.130. The van der Waals surface area contributed by atoms with Crippen molar-refractivity contribution in [2.45, 2.75) is 102 Å². The molecule has 0 unspecified atom stereocenters. The third-order valence-electron chi connectivity index (χ3n) is 10.3. The van der Waals surface area contributed by atoms with Gasteiger partial charge >= 0.3 is 5.97 Å². The number of aliphatic hydroxyl groups is 1. The number of amides is 3. The molecule has 1 aromatic rings. The summed E-state index contributed by atoms with van der Waals surface area (Å²) in [6, 6.07) is 7.57. The molecule has 8 atom stereocenters. The van der Waals surface area contributed by atoms with E-state index < -0.39 is 47.7 Å². The van der Waals surface area contributed by atoms with E-state index in [2.05, 4.69) is 25.4 Å². The van der Waals surface area contributed by atoms with Crippen molar-refractivity contribution in [3.05, 3.63) is 61.2 Å². The number of allylic oxidation sites excluding steroid dienone is 1. The van der Waals surface area contributed by atoms with Crippen LogP contribution in [0.2, 0.25) is 0 Å². The zero-order chi connectivity index (χ0) is 34.1. The minimum absolute atomic E-state index is 0.0653. The number of ether oxygens (including phenoxy) is 2. The van der Waals surface area contributed by atoms with Crippen molar-refractivity contribution in [1.82, 2.24) is 15.1 Å². The van der Waals surface area contributed by atoms with Crippen LogP contribution in [0.4, 0.5) is 0 Å². The molecule has 3 heterocycles. The highest BCUT2D eigenvalue weighted by molar-refractivity contribution is 5.98. The van der Waals surface area contributed by atoms with E-state index in [1.807, 2.05) is 44.2 Å². The van der Waals surface area contributed by atoms with Crippen LogP contribution in [-0.4, -0.2) is 88.6 Å². The predicted molar refractivity (Wildman–Crippen MR) is 179 cm³/mol. The summed E-state index contributed by atoms with van der Waals surface area (Å²) in [6.45, 7) is 14.2. The van der Waals surface area contributed by atoms with Crippen LogP contribution in [0, 0.1) is 17.8 Å². The Hall–Kier alpha value is -3.50. The number of rotatable bonds is 19. The molecule has 0 saturated carbocycles. The van der Waals surface area contributed by atoms with Crippen LogP contribution in [0.25, 0.3) is 0 Å². The van der Waals surface area contributed by atoms with Crippen molar-refractivity contribution in [1.29, 1.82) is 0 Å². The molecule has 1 aromatic carbocycles. The lowest BCUT2D eigenvalue weighted by molar-refractivity contribution is -0.161. The number of fused-ring (bicyclic) bond motifs is 1. The molecule has 3 amide bonds. The van der Waals surface area contributed by atoms with Gasteiger partial charge in [-0.2, -0.15) is 0 Å². The summed E-state index contributed by atoms with van der Waals surface area (Å²) < 4.78 is 12.8. The molecule has 2 N–H and O–H groups in total. The lowest BCUT2D eigenvalue weighted by atomic mass is 9.70. The molecule has 3 fully saturated rings. The Bertz CT molecular complexity index is 1270. The number of nitrogens with one attached hydrogen (secondary N) is 1. The molecule has 47 heavy (non-hydrogen) atoms. The first kappa shape index (κ1) is 36.3. The van der Waals surface area contributed by atoms with Gasteiger partial charge in [0.05, 0.1) is 37.1 Å². The van der Waals surface area contributed by atoms with Crippen LogP contribution >= 0.6 is 0 Å². The highest BCUT2D eigenvalue weighted by Crippen LogP contribution is 2.59. The maximum absolute atomic E-state index is 14.6. The van der Waals surface area contributed by atoms with E-state index in [1.54, 1.807) is 22.0 Å². The van der Waals surface area contributed by atoms with Crippen molar-refractivity contribution in [2.75, 3.05) is 26.2 Å². The molecule has 3 aliphatic heterocycles. The third kappa shape index (κ3) is 7.49. The Morgan fingerprint density at radius 2 is 1.94 bits per heavy atom. The zero-order valence-corrected chi connectivity index (χ0v) is 28.3. The Kier molecular flexibility index (Phi) is 12.8. The molecule has 10 heteroatoms. The Morgan fingerprint density at radius 1 is 1.19 bits per heavy atom. The van der Waals surface area contributed by atoms with Crippen LogP contribution in [0.3, 0.4) is 0 Å². The maximum Gasteiger partial charge on any atom is 0.313 e. The number of benzene rings is 1. The van der Waals surface area contributed by atoms with Crippen LogP contribution < -0.4 is 5.32 Å². The minimum atomic E-state index is -1.21. The van der Waals surface area contributed by atoms with Gasteiger partial charge in [-0.3, -0.25) is 19.2 Å². The molecule has 10 nitrogen and oxygen atoms in total. The van der Waals surface area contributed by atoms with E-state index in [1.165, 1.54) is 0 Å². The van der Waals surface area contributed by atoms with Crippen LogP contribution in [0.5, 0.6) is 0 Å². The summed E-state index contributed by atoms with van der Waals surface area (Å²) in [7, 11) is 0. The average Bonchev–Trinajstić information content (AvgIpc) is 3.73. The van der Waals surface area contributed by atoms with Gasteiger partial charge < -0.3 is 29.7 Å². The molecule has 0 aromatic heterocycles. The first-order chi connectivity index (χ1) is 22.7. The fraction of sp³-hybridized carbons (Fsp3) is 0.622. The normalized spacial score (nSPS) is 26.3. The molecule has 3 saturated heterocycles. The van der Waals surface area contributed by atoms with Crippen molar-refractivity contribution < 1.29 is 33.8 Å². The van der Waals surface area contributed by atoms with Gasteiger partial charge in [0.1, 0.15) is 17.7 Å². The summed E-state index contributed by atoms with van der Waals surface area (Å²) in [6.07, 6.45) is 7.17. The lowest BCUT2D eigenvalue weighted by Crippen LogP contribution is -2.59. The summed E-state index contributed by atoms with van der Waals surface area (Å²) in [5.41, 5.74) is -0.505. The number of aliphatic hydroxyl groups excluding tert-OH is 1. The first-order valence-corrected chi connectivity index (χ1v) is 17.3. The molecular formula is C37H53N3O7. The molecule has 2 bridgehead atoms. The monoisotopic (exact) mass is 651 g/mol. The molecule has 3 aliphatic rings. The number of nitrogens with zero attached hydrogens (tertiary/aromatic N) is 2. The summed E-state index contributed by atoms with van der Waals surface area (Å²) in [5, 5.41) is 13.5. The van der Waals surface area contributed by atoms with Gasteiger partial charge in [-0.1, -0.05) is 82.5 Å². The number of likely N-dealkylation sites (tertiary alicyclic amines) is 1. The van der Waals surface area contributed by atoms with E-state index in [-0.39, 0.29) is 43.2 Å². The smallest absolute Gasteiger partial charge is 0.313 e. The largest absolute Gasteiger partial charge is 0.455 e. The summed E-state index contributed by atoms with van der Waals surface area (Å²) >= 11 is 0. The second-order valence-electron chi connectivity index (χ2n) is 13.2. The second-order valence-corrected chi connectivity index (χ2v) is 13.2. The Balaban J connectivity index is 1.68. The zero-order valence-electron chi connectivity index (χ0n) is 28.3. The van der Waals surface area contributed by atoms with Gasteiger partial charge in [0.2, 0.25) is 17.7 Å². The van der Waals surface area contributed by atoms with Crippen molar-refractivity contribution >= 4 is 23.7 Å². The SMILES string of the molecule is C=CCCC(=O)NC[C@H](OC(=O)[C@@H]1[C@@H]2CC[C@]3(O2)[C@H](C(=O)N(CC=C)CCCCC)N([C@@H](CO)[C@@H](C)CC)C(=O)[C@@H]13)c1ccccc1. The maximum atomic E-state index is 14.6. The van der Waals surface area contributed by atoms with Gasteiger partial charge in [-0.15, -0.1) is 13.2 Å². The van der Waals surface area contributed by atoms with Crippen molar-refractivity contribution in [2.24, 2.45) is 17.8 Å². The minimum Gasteiger partial charge on any atom is -0.455 e. The predicted octanol–water partition coefficient (Wildman–Crippen LogP) is 4.34. The number of esters is 1. The Labute approximate surface area is 279 Å². The van der Waals surface area contributed by atoms with E-state index in [4.69, 9.17) is 9.47 Å². The molecular weight excluding hydrogens is 598 g/mol. The number of carbonyl (C=O) groups excluding carboxylic acids is 4. The van der Waals surface area contributed by atoms with Crippen LogP contribution in [0.15, 0.2) is 55.6 Å². The van der Waals surface area contributed by atoms with Gasteiger partial charge in [0, 0.05) is 19.5 Å². The Morgan fingerprint density at radius 3 is 2.57 bits per heavy atom. The first-order valence-electron chi connectivity index (χ1n) is 17.3. The van der Waals surface area contributed by atoms with Crippen molar-refractivity contribution in [3.8, 4) is 0 Å². The number of hydrogen-bond acceptors (Lipinski definition) is 7. The molecule has 1 spiro atoms. The fourth-order valence-electron chi connectivity index (χ4n) is 7.62. The standard InChI is InChI=1S/C37H53N3O7/c1-6-10-15-22-39(21-8-3)35(44)33-37-20-19-28(47-37)31(32(37)34(43)40(33)27(24-41)25(5)9-4)36(45)46-29(26-16-13-12-14-17-26)23-38-30(42)18-11-7-2/h7-8,12-14,16-17,25,27-29,31-33,41H,2-3,6,9-11,15,18-24H2,1,4-5H3,(H,38,42)/t25-,27-,28-,29-,31+,32+,33-,37+/m0/s1. The van der Waals surface area contributed by atoms with Gasteiger partial charge in [0.15, 0.2) is 0 Å². The summed E-state index contributed by atoms with van der Waals surface area (Å²) in [5.74, 6) is -3.32. The third-order valence-corrected chi connectivity index (χ3v) is 10.3. The van der Waals surface area contributed by atoms with Crippen molar-refractivity contribution in [3.63, 3.8) is 0 Å². The van der Waals surface area contributed by atoms with E-state index in [0.717, 1.165) is 19.3 Å². The van der Waals surface area contributed by atoms with Gasteiger partial charge in [0.25, 0.3) is 0 Å². The molecule has 4 rings (SSSR count). The second kappa shape index (κ2) is 16.6. The molecule has 0 aliphatic carbocycles. The molecule has 0 radical (unpaired) electrons. The van der Waals surface area contributed by atoms with Crippen LogP contribution in [-0.2, 0) is 28.7 Å². The number of unbranched alkanes of at least 4 members (excludes halogenated alkanes) is 2. The summed E-state index contributed by atoms with van der Waals surface area (Å²) in [4.78, 5) is 59.1. The fourth-order valence-corrected chi connectivity index (χ4v) is 7.62. The van der Waals surface area contributed by atoms with Crippen LogP contribution in [0.1, 0.15) is 83.8 Å². The number of carbonyl (C=O) groups is 4.